The molecule has 0 aromatic heterocycles. The summed E-state index contributed by atoms with van der Waals surface area (Å²) in [6.45, 7) is 3.24. The van der Waals surface area contributed by atoms with Gasteiger partial charge in [-0.15, -0.1) is 13.2 Å². The Kier molecular flexibility index (Phi) is 6.10. The molecular weight excluding hydrogens is 321 g/mol. The van der Waals surface area contributed by atoms with E-state index in [0.29, 0.717) is 18.7 Å². The van der Waals surface area contributed by atoms with Gasteiger partial charge in [-0.3, -0.25) is 4.79 Å². The second-order valence-electron chi connectivity index (χ2n) is 6.26. The van der Waals surface area contributed by atoms with Gasteiger partial charge in [0.1, 0.15) is 5.75 Å². The standard InChI is InChI=1S/C17H23F3N2O2/c1-12(21)14-6-4-10-22(11-14)16(23)9-8-13-5-2-3-7-15(13)24-17(18,19)20/h2-3,5,7,12,14H,4,6,8-11,21H2,1H3. The molecule has 0 radical (unpaired) electrons. The van der Waals surface area contributed by atoms with E-state index in [1.807, 2.05) is 6.92 Å². The van der Waals surface area contributed by atoms with Gasteiger partial charge >= 0.3 is 6.36 Å². The molecule has 2 N–H and O–H groups in total. The summed E-state index contributed by atoms with van der Waals surface area (Å²) in [6.07, 6.45) is -2.46. The quantitative estimate of drug-likeness (QED) is 0.893. The van der Waals surface area contributed by atoms with Crippen LogP contribution in [0.15, 0.2) is 24.3 Å². The van der Waals surface area contributed by atoms with E-state index in [2.05, 4.69) is 4.74 Å². The van der Waals surface area contributed by atoms with Crippen molar-refractivity contribution in [1.29, 1.82) is 0 Å². The molecule has 1 heterocycles. The minimum Gasteiger partial charge on any atom is -0.406 e. The minimum absolute atomic E-state index is 0.0292. The number of alkyl halides is 3. The first-order valence-electron chi connectivity index (χ1n) is 8.13. The molecule has 1 saturated heterocycles. The second kappa shape index (κ2) is 7.88. The van der Waals surface area contributed by atoms with E-state index >= 15 is 0 Å². The molecule has 0 bridgehead atoms. The fourth-order valence-electron chi connectivity index (χ4n) is 3.00. The number of rotatable bonds is 5. The van der Waals surface area contributed by atoms with E-state index in [1.54, 1.807) is 17.0 Å². The van der Waals surface area contributed by atoms with Crippen molar-refractivity contribution in [2.45, 2.75) is 45.0 Å². The molecule has 4 nitrogen and oxygen atoms in total. The van der Waals surface area contributed by atoms with Gasteiger partial charge in [0.05, 0.1) is 0 Å². The van der Waals surface area contributed by atoms with Crippen molar-refractivity contribution < 1.29 is 22.7 Å². The molecule has 1 fully saturated rings. The smallest absolute Gasteiger partial charge is 0.406 e. The number of aryl methyl sites for hydroxylation is 1. The van der Waals surface area contributed by atoms with Gasteiger partial charge in [-0.1, -0.05) is 18.2 Å². The van der Waals surface area contributed by atoms with Crippen LogP contribution in [0, 0.1) is 5.92 Å². The molecule has 1 amide bonds. The van der Waals surface area contributed by atoms with Gasteiger partial charge in [0.25, 0.3) is 0 Å². The first kappa shape index (κ1) is 18.6. The third kappa shape index (κ3) is 5.40. The van der Waals surface area contributed by atoms with Crippen molar-refractivity contribution in [3.05, 3.63) is 29.8 Å². The highest BCUT2D eigenvalue weighted by Crippen LogP contribution is 2.27. The first-order valence-corrected chi connectivity index (χ1v) is 8.13. The summed E-state index contributed by atoms with van der Waals surface area (Å²) in [5.74, 6) is -0.0180. The van der Waals surface area contributed by atoms with Crippen LogP contribution in [0.4, 0.5) is 13.2 Å². The van der Waals surface area contributed by atoms with Crippen LogP contribution >= 0.6 is 0 Å². The molecule has 0 spiro atoms. The number of likely N-dealkylation sites (tertiary alicyclic amines) is 1. The molecule has 0 aliphatic carbocycles. The maximum absolute atomic E-state index is 12.4. The monoisotopic (exact) mass is 344 g/mol. The average Bonchev–Trinajstić information content (AvgIpc) is 2.52. The molecule has 2 rings (SSSR count). The SMILES string of the molecule is CC(N)C1CCCN(C(=O)CCc2ccccc2OC(F)(F)F)C1. The molecule has 1 aromatic rings. The number of benzene rings is 1. The van der Waals surface area contributed by atoms with Crippen LogP contribution in [0.2, 0.25) is 0 Å². The van der Waals surface area contributed by atoms with Crippen LogP contribution in [0.25, 0.3) is 0 Å². The van der Waals surface area contributed by atoms with Gasteiger partial charge in [0.2, 0.25) is 5.91 Å². The molecule has 0 saturated carbocycles. The Morgan fingerprint density at radius 1 is 1.42 bits per heavy atom. The van der Waals surface area contributed by atoms with E-state index in [1.165, 1.54) is 12.1 Å². The van der Waals surface area contributed by atoms with Gasteiger partial charge in [-0.05, 0) is 43.7 Å². The Bertz CT molecular complexity index is 561. The number of carbonyl (C=O) groups excluding carboxylic acids is 1. The number of hydrogen-bond donors (Lipinski definition) is 1. The summed E-state index contributed by atoms with van der Waals surface area (Å²) in [6, 6.07) is 5.96. The number of halogens is 3. The fourth-order valence-corrected chi connectivity index (χ4v) is 3.00. The average molecular weight is 344 g/mol. The van der Waals surface area contributed by atoms with Crippen molar-refractivity contribution in [1.82, 2.24) is 4.90 Å². The summed E-state index contributed by atoms with van der Waals surface area (Å²) in [5.41, 5.74) is 6.29. The highest BCUT2D eigenvalue weighted by molar-refractivity contribution is 5.76. The van der Waals surface area contributed by atoms with E-state index in [-0.39, 0.29) is 36.5 Å². The molecule has 1 aliphatic rings. The molecule has 24 heavy (non-hydrogen) atoms. The number of ether oxygens (including phenoxy) is 1. The van der Waals surface area contributed by atoms with E-state index < -0.39 is 6.36 Å². The summed E-state index contributed by atoms with van der Waals surface area (Å²) in [4.78, 5) is 14.1. The molecule has 134 valence electrons. The Morgan fingerprint density at radius 3 is 2.79 bits per heavy atom. The van der Waals surface area contributed by atoms with Gasteiger partial charge in [-0.2, -0.15) is 0 Å². The largest absolute Gasteiger partial charge is 0.573 e. The zero-order chi connectivity index (χ0) is 17.7. The highest BCUT2D eigenvalue weighted by Gasteiger charge is 2.32. The number of para-hydroxylation sites is 1. The van der Waals surface area contributed by atoms with E-state index in [4.69, 9.17) is 5.73 Å². The molecule has 1 aromatic carbocycles. The number of hydrogen-bond acceptors (Lipinski definition) is 3. The predicted molar refractivity (Wildman–Crippen MR) is 84.4 cm³/mol. The van der Waals surface area contributed by atoms with Crippen molar-refractivity contribution >= 4 is 5.91 Å². The summed E-state index contributed by atoms with van der Waals surface area (Å²) >= 11 is 0. The lowest BCUT2D eigenvalue weighted by Gasteiger charge is -2.34. The van der Waals surface area contributed by atoms with Crippen LogP contribution in [0.5, 0.6) is 5.75 Å². The summed E-state index contributed by atoms with van der Waals surface area (Å²) in [5, 5.41) is 0. The Morgan fingerprint density at radius 2 is 2.12 bits per heavy atom. The van der Waals surface area contributed by atoms with Crippen molar-refractivity contribution in [2.75, 3.05) is 13.1 Å². The van der Waals surface area contributed by atoms with Crippen LogP contribution in [0.3, 0.4) is 0 Å². The normalized spacial score (nSPS) is 19.9. The van der Waals surface area contributed by atoms with E-state index in [0.717, 1.165) is 12.8 Å². The third-order valence-corrected chi connectivity index (χ3v) is 4.36. The van der Waals surface area contributed by atoms with Crippen molar-refractivity contribution in [2.24, 2.45) is 11.7 Å². The van der Waals surface area contributed by atoms with Crippen LogP contribution in [-0.4, -0.2) is 36.3 Å². The predicted octanol–water partition coefficient (Wildman–Crippen LogP) is 3.10. The Labute approximate surface area is 139 Å². The van der Waals surface area contributed by atoms with Gasteiger partial charge in [0, 0.05) is 25.6 Å². The Hall–Kier alpha value is -1.76. The van der Waals surface area contributed by atoms with Crippen LogP contribution < -0.4 is 10.5 Å². The lowest BCUT2D eigenvalue weighted by molar-refractivity contribution is -0.274. The first-order chi connectivity index (χ1) is 11.3. The lowest BCUT2D eigenvalue weighted by Crippen LogP contribution is -2.45. The summed E-state index contributed by atoms with van der Waals surface area (Å²) < 4.78 is 41.3. The molecule has 1 aliphatic heterocycles. The van der Waals surface area contributed by atoms with Crippen LogP contribution in [-0.2, 0) is 11.2 Å². The molecule has 7 heteroatoms. The molecule has 2 unspecified atom stereocenters. The Balaban J connectivity index is 1.94. The van der Waals surface area contributed by atoms with Gasteiger partial charge in [0.15, 0.2) is 0 Å². The molecule has 2 atom stereocenters. The number of nitrogens with zero attached hydrogens (tertiary/aromatic N) is 1. The van der Waals surface area contributed by atoms with Gasteiger partial charge in [-0.25, -0.2) is 0 Å². The number of piperidine rings is 1. The molecular formula is C17H23F3N2O2. The zero-order valence-electron chi connectivity index (χ0n) is 13.7. The number of nitrogens with two attached hydrogens (primary N) is 1. The zero-order valence-corrected chi connectivity index (χ0v) is 13.7. The van der Waals surface area contributed by atoms with E-state index in [9.17, 15) is 18.0 Å². The number of amides is 1. The van der Waals surface area contributed by atoms with Gasteiger partial charge < -0.3 is 15.4 Å². The maximum Gasteiger partial charge on any atom is 0.573 e. The second-order valence-corrected chi connectivity index (χ2v) is 6.26. The minimum atomic E-state index is -4.74. The lowest BCUT2D eigenvalue weighted by atomic mass is 9.92. The summed E-state index contributed by atoms with van der Waals surface area (Å²) in [7, 11) is 0. The highest BCUT2D eigenvalue weighted by atomic mass is 19.4. The number of carbonyl (C=O) groups is 1. The fraction of sp³-hybridized carbons (Fsp3) is 0.588. The third-order valence-electron chi connectivity index (χ3n) is 4.36. The topological polar surface area (TPSA) is 55.6 Å². The van der Waals surface area contributed by atoms with Crippen molar-refractivity contribution in [3.8, 4) is 5.75 Å². The van der Waals surface area contributed by atoms with Crippen LogP contribution in [0.1, 0.15) is 31.7 Å². The van der Waals surface area contributed by atoms with Crippen molar-refractivity contribution in [3.63, 3.8) is 0 Å². The maximum atomic E-state index is 12.4.